The molecule has 14 rings (SSSR count). The van der Waals surface area contributed by atoms with Crippen molar-refractivity contribution in [2.24, 2.45) is 53.1 Å². The van der Waals surface area contributed by atoms with Crippen LogP contribution < -0.4 is 5.73 Å². The number of likely N-dealkylation sites (tertiary alicyclic amines) is 2. The maximum Gasteiger partial charge on any atom is 0.410 e. The van der Waals surface area contributed by atoms with Crippen molar-refractivity contribution in [3.8, 4) is 0 Å². The molecule has 2 amide bonds. The molecule has 2 atom stereocenters. The lowest BCUT2D eigenvalue weighted by Crippen LogP contribution is -2.52. The van der Waals surface area contributed by atoms with Crippen molar-refractivity contribution >= 4 is 23.9 Å². The van der Waals surface area contributed by atoms with Crippen LogP contribution in [0.1, 0.15) is 157 Å². The molecule has 12 aliphatic rings. The number of benzene rings is 2. The fourth-order valence-electron chi connectivity index (χ4n) is 16.7. The van der Waals surface area contributed by atoms with Crippen molar-refractivity contribution in [1.82, 2.24) is 9.80 Å². The summed E-state index contributed by atoms with van der Waals surface area (Å²) in [5.41, 5.74) is 10.1. The highest BCUT2D eigenvalue weighted by Gasteiger charge is 2.53. The van der Waals surface area contributed by atoms with Gasteiger partial charge in [0.1, 0.15) is 18.0 Å². The molecule has 0 aromatic heterocycles. The van der Waals surface area contributed by atoms with Gasteiger partial charge in [-0.3, -0.25) is 4.79 Å². The number of Topliss-reactive ketones (excluding diaryl/α,β-unsaturated/α-hetero) is 1. The van der Waals surface area contributed by atoms with Crippen LogP contribution in [0.4, 0.5) is 9.59 Å². The first-order valence-electron chi connectivity index (χ1n) is 25.8. The Morgan fingerprint density at radius 3 is 1.26 bits per heavy atom. The number of methoxy groups -OCH3 is 1. The first kappa shape index (κ1) is 44.9. The van der Waals surface area contributed by atoms with Gasteiger partial charge in [-0.25, -0.2) is 9.59 Å². The van der Waals surface area contributed by atoms with Crippen LogP contribution >= 0.6 is 0 Å². The minimum absolute atomic E-state index is 0.0642. The highest BCUT2D eigenvalue weighted by molar-refractivity contribution is 5.77. The lowest BCUT2D eigenvalue weighted by atomic mass is 9.55. The molecule has 10 fully saturated rings. The molecule has 65 heavy (non-hydrogen) atoms. The largest absolute Gasteiger partial charge is 0.469 e. The third-order valence-electron chi connectivity index (χ3n) is 19.1. The van der Waals surface area contributed by atoms with E-state index in [9.17, 15) is 19.2 Å². The number of ether oxygens (including phenoxy) is 3. The molecule has 2 saturated heterocycles. The number of ketones is 1. The summed E-state index contributed by atoms with van der Waals surface area (Å²) in [5, 5.41) is 0. The van der Waals surface area contributed by atoms with Crippen molar-refractivity contribution < 1.29 is 33.4 Å². The van der Waals surface area contributed by atoms with Crippen LogP contribution in [0.3, 0.4) is 0 Å². The van der Waals surface area contributed by atoms with Crippen LogP contribution in [0.25, 0.3) is 0 Å². The van der Waals surface area contributed by atoms with Crippen molar-refractivity contribution in [3.63, 3.8) is 0 Å². The molecule has 8 saturated carbocycles. The summed E-state index contributed by atoms with van der Waals surface area (Å²) in [5.74, 6) is 6.70. The Bertz CT molecular complexity index is 2030. The van der Waals surface area contributed by atoms with E-state index >= 15 is 0 Å². The van der Waals surface area contributed by atoms with E-state index in [0.717, 1.165) is 88.4 Å². The van der Waals surface area contributed by atoms with Gasteiger partial charge in [0, 0.05) is 32.6 Å². The lowest BCUT2D eigenvalue weighted by Gasteiger charge is -2.53. The van der Waals surface area contributed by atoms with E-state index in [1.165, 1.54) is 101 Å². The number of amides is 2. The van der Waals surface area contributed by atoms with Gasteiger partial charge in [0.2, 0.25) is 0 Å². The Kier molecular flexibility index (Phi) is 12.6. The molecule has 2 aromatic rings. The van der Waals surface area contributed by atoms with Crippen molar-refractivity contribution in [1.29, 1.82) is 0 Å². The van der Waals surface area contributed by atoms with Gasteiger partial charge in [-0.1, -0.05) is 48.5 Å². The van der Waals surface area contributed by atoms with Crippen molar-refractivity contribution in [2.75, 3.05) is 40.3 Å². The minimum Gasteiger partial charge on any atom is -0.469 e. The zero-order chi connectivity index (χ0) is 45.0. The Morgan fingerprint density at radius 1 is 0.554 bits per heavy atom. The van der Waals surface area contributed by atoms with Gasteiger partial charge in [0.05, 0.1) is 13.5 Å². The number of nitrogens with two attached hydrogens (primary N) is 1. The number of piperidine rings is 2. The molecule has 10 nitrogen and oxygen atoms in total. The highest BCUT2D eigenvalue weighted by atomic mass is 16.6. The maximum atomic E-state index is 13.1. The monoisotopic (exact) mass is 890 g/mol. The number of esters is 1. The Labute approximate surface area is 387 Å². The topological polar surface area (TPSA) is 128 Å². The molecule has 10 aliphatic carbocycles. The summed E-state index contributed by atoms with van der Waals surface area (Å²) in [6.45, 7) is 4.73. The zero-order valence-electron chi connectivity index (χ0n) is 39.4. The molecular weight excluding hydrogens is 815 g/mol. The fraction of sp³-hybridized carbons (Fsp3) is 0.709. The number of hydrogen-bond acceptors (Lipinski definition) is 8. The molecule has 2 aromatic carbocycles. The van der Waals surface area contributed by atoms with Gasteiger partial charge >= 0.3 is 18.2 Å². The van der Waals surface area contributed by atoms with Crippen LogP contribution in [-0.2, 0) is 34.6 Å². The zero-order valence-corrected chi connectivity index (χ0v) is 39.4. The summed E-state index contributed by atoms with van der Waals surface area (Å²) in [6, 6.07) is 17.3. The molecule has 10 heteroatoms. The average molecular weight is 890 g/mol. The van der Waals surface area contributed by atoms with E-state index < -0.39 is 0 Å². The molecule has 2 unspecified atom stereocenters. The number of rotatable bonds is 6. The molecule has 2 aliphatic heterocycles. The molecule has 2 N–H and O–H groups in total. The van der Waals surface area contributed by atoms with E-state index in [1.54, 1.807) is 6.92 Å². The molecule has 0 radical (unpaired) electrons. The summed E-state index contributed by atoms with van der Waals surface area (Å²) in [6.07, 6.45) is 20.2. The van der Waals surface area contributed by atoms with E-state index in [4.69, 9.17) is 14.2 Å². The minimum atomic E-state index is -0.140. The second-order valence-corrected chi connectivity index (χ2v) is 22.8. The first-order chi connectivity index (χ1) is 31.5. The predicted molar refractivity (Wildman–Crippen MR) is 249 cm³/mol. The van der Waals surface area contributed by atoms with Gasteiger partial charge in [-0.2, -0.15) is 0 Å². The summed E-state index contributed by atoms with van der Waals surface area (Å²) in [7, 11) is 2.96. The second-order valence-electron chi connectivity index (χ2n) is 22.8. The first-order valence-corrected chi connectivity index (χ1v) is 25.8. The van der Waals surface area contributed by atoms with Crippen molar-refractivity contribution in [3.05, 3.63) is 70.8 Å². The summed E-state index contributed by atoms with van der Waals surface area (Å²) < 4.78 is 17.4. The third-order valence-corrected chi connectivity index (χ3v) is 19.1. The molecule has 2 spiro atoms. The predicted octanol–water partition coefficient (Wildman–Crippen LogP) is 10.1. The summed E-state index contributed by atoms with van der Waals surface area (Å²) >= 11 is 0. The number of nitrogens with zero attached hydrogens (tertiary/aromatic N) is 2. The Balaban J connectivity index is 0.000000148. The van der Waals surface area contributed by atoms with Crippen molar-refractivity contribution in [2.45, 2.75) is 157 Å². The molecular formula is C55H75N3O7. The lowest BCUT2D eigenvalue weighted by molar-refractivity contribution is -0.141. The van der Waals surface area contributed by atoms with Crippen LogP contribution in [-0.4, -0.2) is 86.3 Å². The van der Waals surface area contributed by atoms with Crippen LogP contribution in [0.5, 0.6) is 0 Å². The molecule has 2 heterocycles. The van der Waals surface area contributed by atoms with E-state index in [0.29, 0.717) is 42.4 Å². The van der Waals surface area contributed by atoms with Crippen LogP contribution in [0, 0.1) is 47.3 Å². The standard InChI is InChI=1S/C27H35NO4.C27H35NO3.CH5N/c1-31-24(29)15-21-16-27(23-5-3-2-4-22(21)23)6-8-28(9-7-27)26(30)32-25-19-11-17-10-18(13-19)14-20(25)12-17;1-17(29)10-22-16-27(24-5-3-2-4-23(22)24)6-8-28(9-7-27)26(30)31-25-20-12-18-11-19(14-20)15-21(25)13-18;1-2/h2-5,17-21,25H,6-16H2,1H3;2-5,18-22,25H,6-16H2,1H3;2H2,1H3. The maximum absolute atomic E-state index is 13.1. The Morgan fingerprint density at radius 2 is 0.908 bits per heavy atom. The third kappa shape index (κ3) is 8.54. The Hall–Kier alpha value is -3.92. The van der Waals surface area contributed by atoms with Gasteiger partial charge in [0.15, 0.2) is 0 Å². The van der Waals surface area contributed by atoms with E-state index in [1.807, 2.05) is 9.80 Å². The SMILES string of the molecule is CC(=O)CC1CC2(CCN(C(=O)OC3C4CC5CC(C4)CC3C5)CC2)c2ccccc21.CN.COC(=O)CC1CC2(CCN(C(=O)OC3C4CC5CC(C4)CC3C5)CC2)c2ccccc21. The number of carbonyl (C=O) groups excluding carboxylic acids is 4. The fourth-order valence-corrected chi connectivity index (χ4v) is 16.7. The second kappa shape index (κ2) is 18.3. The smallest absolute Gasteiger partial charge is 0.410 e. The van der Waals surface area contributed by atoms with E-state index in [2.05, 4.69) is 54.3 Å². The van der Waals surface area contributed by atoms with Gasteiger partial charge in [-0.05, 0) is 209 Å². The normalized spacial score (nSPS) is 35.6. The highest BCUT2D eigenvalue weighted by Crippen LogP contribution is 2.58. The summed E-state index contributed by atoms with van der Waals surface area (Å²) in [4.78, 5) is 54.0. The quantitative estimate of drug-likeness (QED) is 0.224. The average Bonchev–Trinajstić information content (AvgIpc) is 3.76. The van der Waals surface area contributed by atoms with Gasteiger partial charge < -0.3 is 34.5 Å². The van der Waals surface area contributed by atoms with E-state index in [-0.39, 0.29) is 52.9 Å². The van der Waals surface area contributed by atoms with Crippen LogP contribution in [0.15, 0.2) is 48.5 Å². The van der Waals surface area contributed by atoms with Gasteiger partial charge in [0.25, 0.3) is 0 Å². The van der Waals surface area contributed by atoms with Crippen LogP contribution in [0.2, 0.25) is 0 Å². The molecule has 352 valence electrons. The number of carbonyl (C=O) groups is 4. The van der Waals surface area contributed by atoms with Gasteiger partial charge in [-0.15, -0.1) is 0 Å². The number of hydrogen-bond donors (Lipinski definition) is 1. The molecule has 8 bridgehead atoms. The number of fused-ring (bicyclic) bond motifs is 4.